The summed E-state index contributed by atoms with van der Waals surface area (Å²) in [4.78, 5) is 36.7. The summed E-state index contributed by atoms with van der Waals surface area (Å²) < 4.78 is 4.80. The number of nitrogens with zero attached hydrogens (tertiary/aromatic N) is 4. The Labute approximate surface area is 195 Å². The van der Waals surface area contributed by atoms with Gasteiger partial charge in [-0.05, 0) is 29.8 Å². The van der Waals surface area contributed by atoms with E-state index >= 15 is 0 Å². The van der Waals surface area contributed by atoms with Crippen molar-refractivity contribution >= 4 is 23.5 Å². The van der Waals surface area contributed by atoms with Gasteiger partial charge < -0.3 is 15.2 Å². The molecule has 1 fully saturated rings. The van der Waals surface area contributed by atoms with Gasteiger partial charge in [-0.3, -0.25) is 14.9 Å². The average Bonchev–Trinajstić information content (AvgIpc) is 3.55. The van der Waals surface area contributed by atoms with Crippen molar-refractivity contribution in [2.24, 2.45) is 0 Å². The number of methoxy groups -OCH3 is 1. The number of ether oxygens (including phenoxy) is 1. The number of hydrogen-bond donors (Lipinski definition) is 3. The summed E-state index contributed by atoms with van der Waals surface area (Å²) >= 11 is 0. The van der Waals surface area contributed by atoms with E-state index in [1.807, 2.05) is 18.3 Å². The fourth-order valence-electron chi connectivity index (χ4n) is 3.41. The number of carboxylic acid groups (broad SMARTS) is 1. The van der Waals surface area contributed by atoms with Crippen molar-refractivity contribution in [3.8, 4) is 12.3 Å². The molecule has 11 nitrogen and oxygen atoms in total. The fourth-order valence-corrected chi connectivity index (χ4v) is 3.41. The van der Waals surface area contributed by atoms with Crippen molar-refractivity contribution in [1.29, 1.82) is 10.5 Å². The average molecular weight is 462 g/mol. The number of hydrazine groups is 1. The van der Waals surface area contributed by atoms with Gasteiger partial charge in [0.25, 0.3) is 0 Å². The van der Waals surface area contributed by atoms with E-state index in [0.29, 0.717) is 11.3 Å². The number of esters is 1. The molecule has 0 aliphatic carbocycles. The maximum atomic E-state index is 13.0. The quantitative estimate of drug-likeness (QED) is 0.261. The van der Waals surface area contributed by atoms with Crippen LogP contribution in [0.4, 0.5) is 5.69 Å². The van der Waals surface area contributed by atoms with E-state index in [4.69, 9.17) is 10.00 Å². The molecule has 174 valence electrons. The van der Waals surface area contributed by atoms with Gasteiger partial charge in [0.1, 0.15) is 12.1 Å². The summed E-state index contributed by atoms with van der Waals surface area (Å²) in [5, 5.41) is 35.8. The number of aliphatic carboxylic acids is 1. The van der Waals surface area contributed by atoms with Gasteiger partial charge in [-0.15, -0.1) is 0 Å². The van der Waals surface area contributed by atoms with Crippen molar-refractivity contribution in [1.82, 2.24) is 15.6 Å². The number of anilines is 1. The number of rotatable bonds is 10. The van der Waals surface area contributed by atoms with E-state index in [0.717, 1.165) is 5.56 Å². The molecule has 3 N–H and O–H groups in total. The molecule has 0 radical (unpaired) electrons. The third-order valence-electron chi connectivity index (χ3n) is 5.13. The SMILES string of the molecule is COC(=O)[C@H](Cc1ccccc1)NC(=O)[C@H](CC(=O)O)NC1N(C#N)N1c1ccc(C#N)cc1. The first-order valence-corrected chi connectivity index (χ1v) is 10.3. The van der Waals surface area contributed by atoms with E-state index in [1.165, 1.54) is 17.1 Å². The summed E-state index contributed by atoms with van der Waals surface area (Å²) in [6.45, 7) is 0. The zero-order valence-corrected chi connectivity index (χ0v) is 18.2. The summed E-state index contributed by atoms with van der Waals surface area (Å²) in [7, 11) is 1.20. The fraction of sp³-hybridized carbons (Fsp3) is 0.261. The number of carbonyl (C=O) groups is 3. The van der Waals surface area contributed by atoms with Gasteiger partial charge in [-0.1, -0.05) is 30.3 Å². The van der Waals surface area contributed by atoms with Crippen LogP contribution in [0, 0.1) is 22.8 Å². The lowest BCUT2D eigenvalue weighted by atomic mass is 10.1. The normalized spacial score (nSPS) is 15.9. The van der Waals surface area contributed by atoms with Gasteiger partial charge in [0.05, 0.1) is 30.9 Å². The smallest absolute Gasteiger partial charge is 0.328 e. The van der Waals surface area contributed by atoms with E-state index in [9.17, 15) is 24.8 Å². The van der Waals surface area contributed by atoms with E-state index in [2.05, 4.69) is 10.6 Å². The van der Waals surface area contributed by atoms with Crippen LogP contribution < -0.4 is 15.6 Å². The van der Waals surface area contributed by atoms with Crippen LogP contribution in [-0.4, -0.2) is 53.4 Å². The molecule has 1 aliphatic rings. The third-order valence-corrected chi connectivity index (χ3v) is 5.13. The molecule has 0 spiro atoms. The lowest BCUT2D eigenvalue weighted by Crippen LogP contribution is -2.53. The minimum Gasteiger partial charge on any atom is -0.481 e. The predicted octanol–water partition coefficient (Wildman–Crippen LogP) is 0.693. The number of hydrogen-bond acceptors (Lipinski definition) is 9. The molecule has 1 aliphatic heterocycles. The number of nitriles is 2. The summed E-state index contributed by atoms with van der Waals surface area (Å²) in [6, 6.07) is 15.1. The lowest BCUT2D eigenvalue weighted by molar-refractivity contribution is -0.145. The highest BCUT2D eigenvalue weighted by atomic mass is 16.5. The van der Waals surface area contributed by atoms with Gasteiger partial charge in [-0.2, -0.15) is 15.5 Å². The van der Waals surface area contributed by atoms with Crippen LogP contribution in [0.25, 0.3) is 0 Å². The van der Waals surface area contributed by atoms with Crippen molar-refractivity contribution in [3.63, 3.8) is 0 Å². The molecule has 1 heterocycles. The highest BCUT2D eigenvalue weighted by Gasteiger charge is 2.48. The molecule has 2 aromatic carbocycles. The Morgan fingerprint density at radius 3 is 2.32 bits per heavy atom. The third kappa shape index (κ3) is 5.79. The first kappa shape index (κ1) is 24.0. The molecule has 34 heavy (non-hydrogen) atoms. The van der Waals surface area contributed by atoms with Crippen LogP contribution in [0.15, 0.2) is 54.6 Å². The Hall–Kier alpha value is -4.61. The van der Waals surface area contributed by atoms with Crippen LogP contribution in [0.3, 0.4) is 0 Å². The maximum absolute atomic E-state index is 13.0. The second-order valence-electron chi connectivity index (χ2n) is 7.41. The van der Waals surface area contributed by atoms with Crippen LogP contribution >= 0.6 is 0 Å². The summed E-state index contributed by atoms with van der Waals surface area (Å²) in [6.07, 6.45) is 0.740. The second-order valence-corrected chi connectivity index (χ2v) is 7.41. The van der Waals surface area contributed by atoms with Gasteiger partial charge >= 0.3 is 11.9 Å². The zero-order chi connectivity index (χ0) is 24.7. The Morgan fingerprint density at radius 2 is 1.76 bits per heavy atom. The summed E-state index contributed by atoms with van der Waals surface area (Å²) in [5.41, 5.74) is 1.80. The Kier molecular flexibility index (Phi) is 7.64. The van der Waals surface area contributed by atoms with E-state index in [-0.39, 0.29) is 6.42 Å². The van der Waals surface area contributed by atoms with Gasteiger partial charge in [0.2, 0.25) is 18.4 Å². The molecule has 1 unspecified atom stereocenters. The summed E-state index contributed by atoms with van der Waals surface area (Å²) in [5.74, 6) is -2.63. The molecule has 1 saturated heterocycles. The first-order chi connectivity index (χ1) is 16.4. The predicted molar refractivity (Wildman–Crippen MR) is 118 cm³/mol. The molecule has 0 bridgehead atoms. The van der Waals surface area contributed by atoms with Crippen molar-refractivity contribution in [3.05, 3.63) is 65.7 Å². The second kappa shape index (κ2) is 10.8. The van der Waals surface area contributed by atoms with Crippen LogP contribution in [-0.2, 0) is 25.5 Å². The van der Waals surface area contributed by atoms with Crippen LogP contribution in [0.5, 0.6) is 0 Å². The zero-order valence-electron chi connectivity index (χ0n) is 18.2. The van der Waals surface area contributed by atoms with Gasteiger partial charge in [0, 0.05) is 6.42 Å². The number of carbonyl (C=O) groups excluding carboxylic acids is 2. The Bertz CT molecular complexity index is 1130. The maximum Gasteiger partial charge on any atom is 0.328 e. The van der Waals surface area contributed by atoms with Gasteiger partial charge in [-0.25, -0.2) is 9.80 Å². The number of benzene rings is 2. The van der Waals surface area contributed by atoms with Crippen molar-refractivity contribution in [2.75, 3.05) is 12.1 Å². The molecule has 1 amide bonds. The number of amides is 1. The molecular weight excluding hydrogens is 440 g/mol. The number of carboxylic acids is 1. The van der Waals surface area contributed by atoms with E-state index in [1.54, 1.807) is 48.5 Å². The largest absolute Gasteiger partial charge is 0.481 e. The first-order valence-electron chi connectivity index (χ1n) is 10.3. The molecular formula is C23H22N6O5. The minimum absolute atomic E-state index is 0.157. The lowest BCUT2D eigenvalue weighted by Gasteiger charge is -2.21. The Balaban J connectivity index is 1.74. The molecule has 2 aromatic rings. The molecule has 3 rings (SSSR count). The van der Waals surface area contributed by atoms with Gasteiger partial charge in [0.15, 0.2) is 0 Å². The Morgan fingerprint density at radius 1 is 1.09 bits per heavy atom. The topological polar surface area (TPSA) is 158 Å². The molecule has 0 aromatic heterocycles. The molecule has 3 atom stereocenters. The van der Waals surface area contributed by atoms with Crippen LogP contribution in [0.1, 0.15) is 17.5 Å². The highest BCUT2D eigenvalue weighted by molar-refractivity contribution is 5.90. The molecule has 11 heteroatoms. The van der Waals surface area contributed by atoms with Crippen molar-refractivity contribution in [2.45, 2.75) is 31.2 Å². The standard InChI is InChI=1S/C23H22N6O5/c1-34-22(33)19(11-15-5-3-2-4-6-15)26-21(32)18(12-20(30)31)27-23-28(14-25)29(23)17-9-7-16(13-24)8-10-17/h2-10,18-19,23,27H,11-12H2,1H3,(H,26,32)(H,30,31)/t18-,19-,23?,28?,29?/m0/s1. The van der Waals surface area contributed by atoms with Crippen molar-refractivity contribution < 1.29 is 24.2 Å². The number of nitrogens with one attached hydrogen (secondary N) is 2. The highest BCUT2D eigenvalue weighted by Crippen LogP contribution is 2.31. The minimum atomic E-state index is -1.25. The van der Waals surface area contributed by atoms with E-state index < -0.39 is 42.6 Å². The van der Waals surface area contributed by atoms with Crippen LogP contribution in [0.2, 0.25) is 0 Å². The molecule has 0 saturated carbocycles. The monoisotopic (exact) mass is 462 g/mol.